The van der Waals surface area contributed by atoms with Crippen molar-refractivity contribution in [2.24, 2.45) is 0 Å². The molecule has 0 saturated carbocycles. The Morgan fingerprint density at radius 1 is 1.12 bits per heavy atom. The van der Waals surface area contributed by atoms with Gasteiger partial charge in [0.05, 0.1) is 11.7 Å². The molecule has 1 N–H and O–H groups in total. The smallest absolute Gasteiger partial charge is 0.247 e. The number of carbonyl (C=O) groups is 2. The van der Waals surface area contributed by atoms with Gasteiger partial charge in [-0.25, -0.2) is 4.68 Å². The number of nitrogens with one attached hydrogen (secondary N) is 1. The highest BCUT2D eigenvalue weighted by Gasteiger charge is 2.13. The molecule has 3 rings (SSSR count). The SMILES string of the molecule is Cc1ccc2c(cnn2C(=O)CCC(=O)NC[C@@H](C)c2ccccc2)c1. The Hall–Kier alpha value is -2.95. The van der Waals surface area contributed by atoms with E-state index in [1.54, 1.807) is 6.20 Å². The molecule has 0 unspecified atom stereocenters. The average molecular weight is 349 g/mol. The Balaban J connectivity index is 1.51. The largest absolute Gasteiger partial charge is 0.355 e. The highest BCUT2D eigenvalue weighted by molar-refractivity contribution is 5.92. The molecule has 1 atom stereocenters. The molecule has 0 aliphatic heterocycles. The van der Waals surface area contributed by atoms with Crippen molar-refractivity contribution >= 4 is 22.7 Å². The van der Waals surface area contributed by atoms with Gasteiger partial charge in [0, 0.05) is 24.8 Å². The van der Waals surface area contributed by atoms with Crippen LogP contribution in [0.2, 0.25) is 0 Å². The maximum absolute atomic E-state index is 12.4. The molecule has 5 heteroatoms. The van der Waals surface area contributed by atoms with Crippen molar-refractivity contribution in [2.75, 3.05) is 6.54 Å². The lowest BCUT2D eigenvalue weighted by atomic mass is 10.0. The summed E-state index contributed by atoms with van der Waals surface area (Å²) in [5.41, 5.74) is 3.08. The van der Waals surface area contributed by atoms with E-state index < -0.39 is 0 Å². The summed E-state index contributed by atoms with van der Waals surface area (Å²) in [4.78, 5) is 24.5. The Labute approximate surface area is 153 Å². The lowest BCUT2D eigenvalue weighted by Crippen LogP contribution is -2.28. The molecule has 0 saturated heterocycles. The number of aromatic nitrogens is 2. The van der Waals surface area contributed by atoms with E-state index in [-0.39, 0.29) is 30.6 Å². The number of aryl methyl sites for hydroxylation is 1. The molecule has 1 heterocycles. The first-order valence-corrected chi connectivity index (χ1v) is 8.84. The minimum absolute atomic E-state index is 0.117. The maximum atomic E-state index is 12.4. The zero-order valence-electron chi connectivity index (χ0n) is 15.1. The average Bonchev–Trinajstić information content (AvgIpc) is 3.07. The van der Waals surface area contributed by atoms with Gasteiger partial charge < -0.3 is 5.32 Å². The number of fused-ring (bicyclic) bond motifs is 1. The molecule has 1 amide bonds. The summed E-state index contributed by atoms with van der Waals surface area (Å²) in [6, 6.07) is 15.9. The highest BCUT2D eigenvalue weighted by atomic mass is 16.2. The number of amides is 1. The lowest BCUT2D eigenvalue weighted by Gasteiger charge is -2.13. The molecule has 3 aromatic rings. The predicted octanol–water partition coefficient (Wildman–Crippen LogP) is 3.69. The van der Waals surface area contributed by atoms with Crippen LogP contribution in [0, 0.1) is 6.92 Å². The van der Waals surface area contributed by atoms with Gasteiger partial charge >= 0.3 is 0 Å². The van der Waals surface area contributed by atoms with Crippen molar-refractivity contribution < 1.29 is 9.59 Å². The molecule has 0 spiro atoms. The summed E-state index contributed by atoms with van der Waals surface area (Å²) < 4.78 is 1.38. The molecule has 2 aromatic carbocycles. The Kier molecular flexibility index (Phi) is 5.46. The van der Waals surface area contributed by atoms with E-state index in [9.17, 15) is 9.59 Å². The van der Waals surface area contributed by atoms with E-state index in [4.69, 9.17) is 0 Å². The van der Waals surface area contributed by atoms with Gasteiger partial charge in [-0.3, -0.25) is 9.59 Å². The summed E-state index contributed by atoms with van der Waals surface area (Å²) in [5, 5.41) is 8.00. The van der Waals surface area contributed by atoms with Gasteiger partial charge in [-0.1, -0.05) is 48.9 Å². The Morgan fingerprint density at radius 2 is 1.88 bits per heavy atom. The van der Waals surface area contributed by atoms with Gasteiger partial charge in [0.25, 0.3) is 0 Å². The number of hydrogen-bond acceptors (Lipinski definition) is 3. The monoisotopic (exact) mass is 349 g/mol. The molecule has 1 aromatic heterocycles. The number of carbonyl (C=O) groups excluding carboxylic acids is 2. The number of benzene rings is 2. The molecule has 26 heavy (non-hydrogen) atoms. The second-order valence-electron chi connectivity index (χ2n) is 6.63. The summed E-state index contributed by atoms with van der Waals surface area (Å²) >= 11 is 0. The van der Waals surface area contributed by atoms with Crippen molar-refractivity contribution in [3.63, 3.8) is 0 Å². The minimum Gasteiger partial charge on any atom is -0.355 e. The van der Waals surface area contributed by atoms with Gasteiger partial charge in [0.2, 0.25) is 11.8 Å². The third kappa shape index (κ3) is 4.17. The van der Waals surface area contributed by atoms with Crippen LogP contribution in [0.1, 0.15) is 41.6 Å². The van der Waals surface area contributed by atoms with Crippen LogP contribution in [-0.2, 0) is 4.79 Å². The third-order valence-electron chi connectivity index (χ3n) is 4.50. The van der Waals surface area contributed by atoms with Crippen molar-refractivity contribution in [1.29, 1.82) is 0 Å². The predicted molar refractivity (Wildman–Crippen MR) is 102 cm³/mol. The number of rotatable bonds is 6. The normalized spacial score (nSPS) is 12.1. The van der Waals surface area contributed by atoms with E-state index in [0.717, 1.165) is 16.5 Å². The first kappa shape index (κ1) is 17.9. The number of hydrogen-bond donors (Lipinski definition) is 1. The van der Waals surface area contributed by atoms with E-state index >= 15 is 0 Å². The van der Waals surface area contributed by atoms with Crippen LogP contribution in [0.25, 0.3) is 10.9 Å². The fraction of sp³-hybridized carbons (Fsp3) is 0.286. The molecular formula is C21H23N3O2. The van der Waals surface area contributed by atoms with Gasteiger partial charge in [0.1, 0.15) is 0 Å². The van der Waals surface area contributed by atoms with E-state index in [1.807, 2.05) is 55.5 Å². The molecule has 5 nitrogen and oxygen atoms in total. The van der Waals surface area contributed by atoms with Crippen LogP contribution in [0.3, 0.4) is 0 Å². The van der Waals surface area contributed by atoms with Gasteiger partial charge in [0.15, 0.2) is 0 Å². The van der Waals surface area contributed by atoms with Gasteiger partial charge in [-0.2, -0.15) is 5.10 Å². The Morgan fingerprint density at radius 3 is 2.65 bits per heavy atom. The van der Waals surface area contributed by atoms with Crippen LogP contribution >= 0.6 is 0 Å². The lowest BCUT2D eigenvalue weighted by molar-refractivity contribution is -0.121. The van der Waals surface area contributed by atoms with E-state index in [1.165, 1.54) is 10.2 Å². The first-order chi connectivity index (χ1) is 12.5. The summed E-state index contributed by atoms with van der Waals surface area (Å²) in [6.45, 7) is 4.62. The van der Waals surface area contributed by atoms with Crippen LogP contribution < -0.4 is 5.32 Å². The van der Waals surface area contributed by atoms with Crippen molar-refractivity contribution in [3.05, 3.63) is 65.9 Å². The standard InChI is InChI=1S/C21H23N3O2/c1-15-8-9-19-18(12-15)14-23-24(19)21(26)11-10-20(25)22-13-16(2)17-6-4-3-5-7-17/h3-9,12,14,16H,10-11,13H2,1-2H3,(H,22,25)/t16-/m1/s1. The molecule has 0 aliphatic carbocycles. The highest BCUT2D eigenvalue weighted by Crippen LogP contribution is 2.16. The van der Waals surface area contributed by atoms with Crippen molar-refractivity contribution in [1.82, 2.24) is 15.1 Å². The van der Waals surface area contributed by atoms with Crippen molar-refractivity contribution in [2.45, 2.75) is 32.6 Å². The molecule has 134 valence electrons. The van der Waals surface area contributed by atoms with Gasteiger partial charge in [-0.05, 0) is 30.5 Å². The molecule has 0 bridgehead atoms. The molecular weight excluding hydrogens is 326 g/mol. The zero-order valence-corrected chi connectivity index (χ0v) is 15.1. The van der Waals surface area contributed by atoms with Crippen LogP contribution in [0.5, 0.6) is 0 Å². The number of nitrogens with zero attached hydrogens (tertiary/aromatic N) is 2. The van der Waals surface area contributed by atoms with Crippen LogP contribution in [-0.4, -0.2) is 28.1 Å². The quantitative estimate of drug-likeness (QED) is 0.738. The van der Waals surface area contributed by atoms with Crippen LogP contribution in [0.15, 0.2) is 54.7 Å². The van der Waals surface area contributed by atoms with E-state index in [0.29, 0.717) is 6.54 Å². The van der Waals surface area contributed by atoms with Gasteiger partial charge in [-0.15, -0.1) is 0 Å². The first-order valence-electron chi connectivity index (χ1n) is 8.84. The summed E-state index contributed by atoms with van der Waals surface area (Å²) in [5.74, 6) is -0.0577. The molecule has 0 radical (unpaired) electrons. The zero-order chi connectivity index (χ0) is 18.5. The topological polar surface area (TPSA) is 64.0 Å². The summed E-state index contributed by atoms with van der Waals surface area (Å²) in [7, 11) is 0. The van der Waals surface area contributed by atoms with E-state index in [2.05, 4.69) is 17.3 Å². The third-order valence-corrected chi connectivity index (χ3v) is 4.50. The fourth-order valence-electron chi connectivity index (χ4n) is 2.93. The molecule has 0 aliphatic rings. The second-order valence-corrected chi connectivity index (χ2v) is 6.63. The molecule has 0 fully saturated rings. The second kappa shape index (κ2) is 7.95. The van der Waals surface area contributed by atoms with Crippen LogP contribution in [0.4, 0.5) is 0 Å². The maximum Gasteiger partial charge on any atom is 0.247 e. The fourth-order valence-corrected chi connectivity index (χ4v) is 2.93. The minimum atomic E-state index is -0.171. The summed E-state index contributed by atoms with van der Waals surface area (Å²) in [6.07, 6.45) is 1.98. The Bertz CT molecular complexity index is 915. The van der Waals surface area contributed by atoms with Crippen molar-refractivity contribution in [3.8, 4) is 0 Å².